The molecule has 5 aliphatic rings. The van der Waals surface area contributed by atoms with Gasteiger partial charge in [0.05, 0.1) is 32.5 Å². The summed E-state index contributed by atoms with van der Waals surface area (Å²) in [5.41, 5.74) is 2.23. The highest BCUT2D eigenvalue weighted by Crippen LogP contribution is 2.65. The molecule has 4 aromatic rings. The number of ether oxygens (including phenoxy) is 1. The number of hydrogen-bond donors (Lipinski definition) is 1. The normalized spacial score (nSPS) is 31.9. The maximum Gasteiger partial charge on any atom is 0.145 e. The average Bonchev–Trinajstić information content (AvgIpc) is 3.50. The fourth-order valence-electron chi connectivity index (χ4n) is 7.76. The molecule has 5 fully saturated rings. The second kappa shape index (κ2) is 8.52. The van der Waals surface area contributed by atoms with Crippen molar-refractivity contribution in [1.29, 1.82) is 0 Å². The smallest absolute Gasteiger partial charge is 0.145 e. The summed E-state index contributed by atoms with van der Waals surface area (Å²) in [6.45, 7) is 0.415. The van der Waals surface area contributed by atoms with Gasteiger partial charge < -0.3 is 14.4 Å². The molecule has 9 rings (SSSR count). The Labute approximate surface area is 235 Å². The van der Waals surface area contributed by atoms with Gasteiger partial charge in [0.2, 0.25) is 0 Å². The predicted molar refractivity (Wildman–Crippen MR) is 149 cm³/mol. The van der Waals surface area contributed by atoms with Crippen LogP contribution in [0, 0.1) is 17.8 Å². The zero-order chi connectivity index (χ0) is 25.6. The van der Waals surface area contributed by atoms with E-state index < -0.39 is 5.60 Å². The first-order chi connectivity index (χ1) is 18.4. The van der Waals surface area contributed by atoms with Gasteiger partial charge in [-0.3, -0.25) is 0 Å². The molecule has 5 saturated carbocycles. The molecule has 5 aliphatic carbocycles. The van der Waals surface area contributed by atoms with Crippen LogP contribution in [-0.4, -0.2) is 20.8 Å². The molecule has 0 unspecified atom stereocenters. The van der Waals surface area contributed by atoms with Crippen molar-refractivity contribution in [2.45, 2.75) is 68.7 Å². The van der Waals surface area contributed by atoms with Gasteiger partial charge in [-0.1, -0.05) is 46.6 Å². The molecule has 0 spiro atoms. The first-order valence-corrected chi connectivity index (χ1v) is 15.2. The van der Waals surface area contributed by atoms with E-state index in [0.717, 1.165) is 71.5 Å². The van der Waals surface area contributed by atoms with E-state index in [-0.39, 0.29) is 17.4 Å². The Morgan fingerprint density at radius 2 is 1.74 bits per heavy atom. The van der Waals surface area contributed by atoms with Crippen LogP contribution < -0.4 is 0 Å². The molecule has 0 amide bonds. The zero-order valence-electron chi connectivity index (χ0n) is 20.8. The molecule has 5 nitrogen and oxygen atoms in total. The van der Waals surface area contributed by atoms with Crippen LogP contribution >= 0.6 is 34.5 Å². The van der Waals surface area contributed by atoms with E-state index >= 15 is 0 Å². The number of aliphatic hydroxyl groups is 1. The molecule has 8 heteroatoms. The second-order valence-electron chi connectivity index (χ2n) is 11.9. The molecule has 2 heterocycles. The summed E-state index contributed by atoms with van der Waals surface area (Å²) in [6.07, 6.45) is 7.01. The standard InChI is InChI=1S/C30H28Cl2N2O3S/c31-21-4-3-5-22(32)25(21)26-20(27(37-34-26)17-8-9-17)15-36-29-12-16-10-18(13-29)30(35,19(11-16)14-29)28-33-23-6-1-2-7-24(23)38-28/h1-7,16-19,35H,8-15H2/t16-,18-,19+,29-,30+. The third-order valence-corrected chi connectivity index (χ3v) is 11.3. The minimum absolute atomic E-state index is 0.150. The van der Waals surface area contributed by atoms with E-state index in [2.05, 4.69) is 11.2 Å². The highest BCUT2D eigenvalue weighted by atomic mass is 35.5. The lowest BCUT2D eigenvalue weighted by molar-refractivity contribution is -0.250. The van der Waals surface area contributed by atoms with Gasteiger partial charge in [0.25, 0.3) is 0 Å². The van der Waals surface area contributed by atoms with Crippen molar-refractivity contribution in [3.8, 4) is 11.3 Å². The summed E-state index contributed by atoms with van der Waals surface area (Å²) >= 11 is 14.8. The third-order valence-electron chi connectivity index (χ3n) is 9.50. The van der Waals surface area contributed by atoms with E-state index in [1.54, 1.807) is 11.3 Å². The Morgan fingerprint density at radius 1 is 1.00 bits per heavy atom. The van der Waals surface area contributed by atoms with Crippen LogP contribution in [0.5, 0.6) is 0 Å². The number of aromatic nitrogens is 2. The third kappa shape index (κ3) is 3.57. The highest BCUT2D eigenvalue weighted by molar-refractivity contribution is 7.18. The maximum atomic E-state index is 12.2. The number of nitrogens with zero attached hydrogens (tertiary/aromatic N) is 2. The minimum atomic E-state index is -0.875. The molecular weight excluding hydrogens is 539 g/mol. The summed E-state index contributed by atoms with van der Waals surface area (Å²) in [5, 5.41) is 18.7. The van der Waals surface area contributed by atoms with Crippen molar-refractivity contribution >= 4 is 44.8 Å². The molecule has 2 aromatic carbocycles. The van der Waals surface area contributed by atoms with Gasteiger partial charge in [0.1, 0.15) is 22.1 Å². The lowest BCUT2D eigenvalue weighted by Crippen LogP contribution is -2.62. The minimum Gasteiger partial charge on any atom is -0.382 e. The molecular formula is C30H28Cl2N2O3S. The Morgan fingerprint density at radius 3 is 2.45 bits per heavy atom. The number of hydrogen-bond acceptors (Lipinski definition) is 6. The van der Waals surface area contributed by atoms with E-state index in [1.165, 1.54) is 0 Å². The second-order valence-corrected chi connectivity index (χ2v) is 13.7. The molecule has 0 aliphatic heterocycles. The van der Waals surface area contributed by atoms with Crippen LogP contribution in [0.25, 0.3) is 21.5 Å². The largest absolute Gasteiger partial charge is 0.382 e. The van der Waals surface area contributed by atoms with Crippen LogP contribution in [0.4, 0.5) is 0 Å². The summed E-state index contributed by atoms with van der Waals surface area (Å²) < 4.78 is 13.9. The van der Waals surface area contributed by atoms with Crippen molar-refractivity contribution in [3.63, 3.8) is 0 Å². The fraction of sp³-hybridized carbons (Fsp3) is 0.467. The zero-order valence-corrected chi connectivity index (χ0v) is 23.2. The number of fused-ring (bicyclic) bond motifs is 1. The van der Waals surface area contributed by atoms with Gasteiger partial charge >= 0.3 is 0 Å². The number of thiazole rings is 1. The Bertz CT molecular complexity index is 1490. The van der Waals surface area contributed by atoms with Crippen LogP contribution in [-0.2, 0) is 16.9 Å². The summed E-state index contributed by atoms with van der Waals surface area (Å²) in [7, 11) is 0. The number of benzene rings is 2. The van der Waals surface area contributed by atoms with Gasteiger partial charge in [0, 0.05) is 17.0 Å². The lowest BCUT2D eigenvalue weighted by Gasteiger charge is -2.62. The van der Waals surface area contributed by atoms with Gasteiger partial charge in [0.15, 0.2) is 0 Å². The summed E-state index contributed by atoms with van der Waals surface area (Å²) in [6, 6.07) is 13.7. The maximum absolute atomic E-state index is 12.2. The van der Waals surface area contributed by atoms with E-state index in [4.69, 9.17) is 37.4 Å². The van der Waals surface area contributed by atoms with Crippen LogP contribution in [0.3, 0.4) is 0 Å². The summed E-state index contributed by atoms with van der Waals surface area (Å²) in [5.74, 6) is 2.17. The molecule has 0 radical (unpaired) electrons. The fourth-order valence-corrected chi connectivity index (χ4v) is 9.55. The van der Waals surface area contributed by atoms with Crippen LogP contribution in [0.1, 0.15) is 67.2 Å². The first kappa shape index (κ1) is 23.9. The monoisotopic (exact) mass is 566 g/mol. The molecule has 2 aromatic heterocycles. The topological polar surface area (TPSA) is 68.4 Å². The highest BCUT2D eigenvalue weighted by Gasteiger charge is 2.64. The van der Waals surface area contributed by atoms with Crippen molar-refractivity contribution < 1.29 is 14.4 Å². The van der Waals surface area contributed by atoms with Gasteiger partial charge in [-0.05, 0) is 87.0 Å². The van der Waals surface area contributed by atoms with Crippen molar-refractivity contribution in [2.75, 3.05) is 0 Å². The van der Waals surface area contributed by atoms with Crippen molar-refractivity contribution in [2.24, 2.45) is 17.8 Å². The predicted octanol–water partition coefficient (Wildman–Crippen LogP) is 8.12. The number of para-hydroxylation sites is 1. The SMILES string of the molecule is O[C@@]1(c2nc3ccccc3s2)[C@@H]2C[C@@H]3C[C@H]1C[C@@](OCc1c(-c4c(Cl)cccc4Cl)noc1C1CC1)(C3)C2. The van der Waals surface area contributed by atoms with Crippen LogP contribution in [0.15, 0.2) is 47.0 Å². The Kier molecular flexibility index (Phi) is 5.35. The van der Waals surface area contributed by atoms with Gasteiger partial charge in [-0.2, -0.15) is 0 Å². The molecule has 38 heavy (non-hydrogen) atoms. The first-order valence-electron chi connectivity index (χ1n) is 13.6. The van der Waals surface area contributed by atoms with Gasteiger partial charge in [-0.15, -0.1) is 11.3 Å². The molecule has 4 bridgehead atoms. The molecule has 196 valence electrons. The Balaban J connectivity index is 1.11. The molecule has 1 N–H and O–H groups in total. The molecule has 0 saturated heterocycles. The van der Waals surface area contributed by atoms with E-state index in [0.29, 0.717) is 39.7 Å². The average molecular weight is 568 g/mol. The van der Waals surface area contributed by atoms with Crippen molar-refractivity contribution in [3.05, 3.63) is 68.8 Å². The van der Waals surface area contributed by atoms with E-state index in [1.807, 2.05) is 36.4 Å². The van der Waals surface area contributed by atoms with E-state index in [9.17, 15) is 5.11 Å². The Hall–Kier alpha value is -1.96. The quantitative estimate of drug-likeness (QED) is 0.255. The molecule has 5 atom stereocenters. The lowest BCUT2D eigenvalue weighted by atomic mass is 9.48. The van der Waals surface area contributed by atoms with Crippen molar-refractivity contribution in [1.82, 2.24) is 10.1 Å². The number of rotatable bonds is 6. The van der Waals surface area contributed by atoms with Gasteiger partial charge in [-0.25, -0.2) is 4.98 Å². The van der Waals surface area contributed by atoms with Crippen LogP contribution in [0.2, 0.25) is 10.0 Å². The summed E-state index contributed by atoms with van der Waals surface area (Å²) in [4.78, 5) is 4.92. The number of halogens is 2.